The highest BCUT2D eigenvalue weighted by Crippen LogP contribution is 2.70. The molecule has 1 amide bonds. The van der Waals surface area contributed by atoms with E-state index in [4.69, 9.17) is 16.3 Å². The zero-order valence-electron chi connectivity index (χ0n) is 14.9. The maximum Gasteiger partial charge on any atom is 0.217 e. The van der Waals surface area contributed by atoms with E-state index in [1.807, 2.05) is 0 Å². The van der Waals surface area contributed by atoms with E-state index in [1.54, 1.807) is 19.1 Å². The zero-order chi connectivity index (χ0) is 18.0. The van der Waals surface area contributed by atoms with E-state index >= 15 is 0 Å². The van der Waals surface area contributed by atoms with Crippen molar-refractivity contribution in [3.8, 4) is 0 Å². The predicted molar refractivity (Wildman–Crippen MR) is 94.8 cm³/mol. The second kappa shape index (κ2) is 5.68. The van der Waals surface area contributed by atoms with Crippen LogP contribution in [0.15, 0.2) is 18.2 Å². The SMILES string of the molecule is CC(=O)N[C@@H]1C(C)(C)[C@@H]2C[C@@H]3[C@@H](c4ccc(F)c(Cl)c4)OCCC31C2. The summed E-state index contributed by atoms with van der Waals surface area (Å²) in [7, 11) is 0. The van der Waals surface area contributed by atoms with Crippen LogP contribution in [0.1, 0.15) is 51.7 Å². The normalized spacial score (nSPS) is 38.4. The van der Waals surface area contributed by atoms with Gasteiger partial charge in [-0.25, -0.2) is 4.39 Å². The minimum atomic E-state index is -0.402. The number of benzene rings is 1. The van der Waals surface area contributed by atoms with Crippen molar-refractivity contribution in [2.24, 2.45) is 22.7 Å². The second-order valence-corrected chi connectivity index (χ2v) is 9.05. The topological polar surface area (TPSA) is 38.3 Å². The van der Waals surface area contributed by atoms with Gasteiger partial charge in [-0.05, 0) is 59.6 Å². The third-order valence-corrected chi connectivity index (χ3v) is 7.41. The quantitative estimate of drug-likeness (QED) is 0.838. The molecule has 2 saturated carbocycles. The van der Waals surface area contributed by atoms with Crippen LogP contribution in [0.3, 0.4) is 0 Å². The maximum atomic E-state index is 13.6. The minimum absolute atomic E-state index is 0.0339. The molecule has 1 unspecified atom stereocenters. The molecule has 5 atom stereocenters. The van der Waals surface area contributed by atoms with Crippen LogP contribution in [0.5, 0.6) is 0 Å². The summed E-state index contributed by atoms with van der Waals surface area (Å²) in [5.74, 6) is 0.528. The Morgan fingerprint density at radius 1 is 1.40 bits per heavy atom. The number of carbonyl (C=O) groups is 1. The average molecular weight is 366 g/mol. The standard InChI is InChI=1S/C20H25ClFNO2/c1-11(24)23-18-19(2,3)13-9-14-17(25-7-6-20(14,18)10-13)12-4-5-16(22)15(21)8-12/h4-5,8,13-14,17-18H,6-7,9-10H2,1-3H3,(H,23,24)/t13-,14-,17-,18-,20?/m1/s1. The molecule has 3 aliphatic rings. The Balaban J connectivity index is 1.72. The van der Waals surface area contributed by atoms with Crippen LogP contribution < -0.4 is 5.32 Å². The van der Waals surface area contributed by atoms with Gasteiger partial charge in [-0.2, -0.15) is 0 Å². The number of carbonyl (C=O) groups excluding carboxylic acids is 1. The highest BCUT2D eigenvalue weighted by atomic mass is 35.5. The van der Waals surface area contributed by atoms with Crippen LogP contribution in [0.4, 0.5) is 4.39 Å². The number of nitrogens with one attached hydrogen (secondary N) is 1. The van der Waals surface area contributed by atoms with Crippen molar-refractivity contribution < 1.29 is 13.9 Å². The number of halogens is 2. The first kappa shape index (κ1) is 17.3. The lowest BCUT2D eigenvalue weighted by Crippen LogP contribution is -2.58. The van der Waals surface area contributed by atoms with Gasteiger partial charge in [0.05, 0.1) is 11.1 Å². The highest BCUT2D eigenvalue weighted by Gasteiger charge is 2.68. The smallest absolute Gasteiger partial charge is 0.217 e. The predicted octanol–water partition coefficient (Wildman–Crippen LogP) is 4.50. The fraction of sp³-hybridized carbons (Fsp3) is 0.650. The van der Waals surface area contributed by atoms with Crippen molar-refractivity contribution in [1.82, 2.24) is 5.32 Å². The van der Waals surface area contributed by atoms with Crippen LogP contribution in [0.2, 0.25) is 5.02 Å². The first-order chi connectivity index (χ1) is 11.8. The number of amides is 1. The Morgan fingerprint density at radius 2 is 2.16 bits per heavy atom. The first-order valence-electron chi connectivity index (χ1n) is 9.09. The van der Waals surface area contributed by atoms with Crippen molar-refractivity contribution in [1.29, 1.82) is 0 Å². The third-order valence-electron chi connectivity index (χ3n) is 7.12. The van der Waals surface area contributed by atoms with E-state index in [2.05, 4.69) is 19.2 Å². The third kappa shape index (κ3) is 2.44. The molecule has 1 N–H and O–H groups in total. The number of fused-ring (bicyclic) bond motifs is 1. The molecule has 3 fully saturated rings. The molecule has 1 spiro atoms. The van der Waals surface area contributed by atoms with Crippen LogP contribution in [-0.4, -0.2) is 18.6 Å². The van der Waals surface area contributed by atoms with E-state index in [0.717, 1.165) is 24.8 Å². The van der Waals surface area contributed by atoms with Gasteiger partial charge in [0.2, 0.25) is 5.91 Å². The van der Waals surface area contributed by atoms with Gasteiger partial charge in [-0.3, -0.25) is 4.79 Å². The van der Waals surface area contributed by atoms with Crippen LogP contribution in [0, 0.1) is 28.5 Å². The van der Waals surface area contributed by atoms with Gasteiger partial charge in [0, 0.05) is 19.6 Å². The number of hydrogen-bond donors (Lipinski definition) is 1. The summed E-state index contributed by atoms with van der Waals surface area (Å²) < 4.78 is 19.7. The average Bonchev–Trinajstić information content (AvgIpc) is 3.03. The molecule has 1 saturated heterocycles. The fourth-order valence-electron chi connectivity index (χ4n) is 6.01. The van der Waals surface area contributed by atoms with Crippen LogP contribution in [0.25, 0.3) is 0 Å². The zero-order valence-corrected chi connectivity index (χ0v) is 15.7. The molecular weight excluding hydrogens is 341 g/mol. The number of rotatable bonds is 2. The lowest BCUT2D eigenvalue weighted by Gasteiger charge is -2.53. The molecule has 0 aromatic heterocycles. The van der Waals surface area contributed by atoms with Crippen molar-refractivity contribution in [3.63, 3.8) is 0 Å². The van der Waals surface area contributed by atoms with Gasteiger partial charge in [0.25, 0.3) is 0 Å². The van der Waals surface area contributed by atoms with Gasteiger partial charge < -0.3 is 10.1 Å². The highest BCUT2D eigenvalue weighted by molar-refractivity contribution is 6.30. The van der Waals surface area contributed by atoms with Crippen molar-refractivity contribution in [3.05, 3.63) is 34.6 Å². The molecule has 1 aliphatic heterocycles. The molecule has 3 nitrogen and oxygen atoms in total. The van der Waals surface area contributed by atoms with Gasteiger partial charge in [0.15, 0.2) is 0 Å². The molecule has 25 heavy (non-hydrogen) atoms. The van der Waals surface area contributed by atoms with Gasteiger partial charge in [0.1, 0.15) is 5.82 Å². The number of hydrogen-bond acceptors (Lipinski definition) is 2. The van der Waals surface area contributed by atoms with Crippen molar-refractivity contribution in [2.75, 3.05) is 6.61 Å². The van der Waals surface area contributed by atoms with E-state index in [1.165, 1.54) is 6.07 Å². The van der Waals surface area contributed by atoms with Crippen molar-refractivity contribution in [2.45, 2.75) is 52.2 Å². The van der Waals surface area contributed by atoms with E-state index < -0.39 is 5.82 Å². The van der Waals surface area contributed by atoms with Crippen LogP contribution >= 0.6 is 11.6 Å². The maximum absolute atomic E-state index is 13.6. The molecule has 2 bridgehead atoms. The molecule has 1 aromatic rings. The summed E-state index contributed by atoms with van der Waals surface area (Å²) >= 11 is 6.01. The molecular formula is C20H25ClFNO2. The molecule has 4 rings (SSSR count). The Bertz CT molecular complexity index is 722. The monoisotopic (exact) mass is 365 g/mol. The molecule has 136 valence electrons. The van der Waals surface area contributed by atoms with E-state index in [0.29, 0.717) is 18.4 Å². The summed E-state index contributed by atoms with van der Waals surface area (Å²) in [6.45, 7) is 6.82. The van der Waals surface area contributed by atoms with Crippen LogP contribution in [-0.2, 0) is 9.53 Å². The van der Waals surface area contributed by atoms with E-state index in [9.17, 15) is 9.18 Å². The van der Waals surface area contributed by atoms with Gasteiger partial charge in [-0.1, -0.05) is 31.5 Å². The lowest BCUT2D eigenvalue weighted by molar-refractivity contribution is -0.136. The Hall–Kier alpha value is -1.13. The summed E-state index contributed by atoms with van der Waals surface area (Å²) in [4.78, 5) is 11.9. The second-order valence-electron chi connectivity index (χ2n) is 8.65. The molecule has 1 heterocycles. The Labute approximate surface area is 153 Å². The van der Waals surface area contributed by atoms with Gasteiger partial charge >= 0.3 is 0 Å². The lowest BCUT2D eigenvalue weighted by atomic mass is 9.59. The van der Waals surface area contributed by atoms with Crippen molar-refractivity contribution >= 4 is 17.5 Å². The minimum Gasteiger partial charge on any atom is -0.373 e. The summed E-state index contributed by atoms with van der Waals surface area (Å²) in [6, 6.07) is 5.06. The molecule has 0 radical (unpaired) electrons. The summed E-state index contributed by atoms with van der Waals surface area (Å²) in [5, 5.41) is 3.41. The van der Waals surface area contributed by atoms with Gasteiger partial charge in [-0.15, -0.1) is 0 Å². The first-order valence-corrected chi connectivity index (χ1v) is 9.47. The van der Waals surface area contributed by atoms with E-state index in [-0.39, 0.29) is 33.9 Å². The summed E-state index contributed by atoms with van der Waals surface area (Å²) in [5.41, 5.74) is 1.09. The summed E-state index contributed by atoms with van der Waals surface area (Å²) in [6.07, 6.45) is 3.10. The Kier molecular flexibility index (Phi) is 3.93. The fourth-order valence-corrected chi connectivity index (χ4v) is 6.20. The largest absolute Gasteiger partial charge is 0.373 e. The molecule has 2 aliphatic carbocycles. The Morgan fingerprint density at radius 3 is 2.84 bits per heavy atom. The molecule has 5 heteroatoms. The number of ether oxygens (including phenoxy) is 1. The molecule has 1 aromatic carbocycles.